The van der Waals surface area contributed by atoms with Gasteiger partial charge in [-0.15, -0.1) is 0 Å². The number of imide groups is 1. The molecular weight excluding hydrogens is 604 g/mol. The summed E-state index contributed by atoms with van der Waals surface area (Å²) in [6.07, 6.45) is 0.775. The Hall–Kier alpha value is -5.06. The molecule has 11 heteroatoms. The molecule has 2 N–H and O–H groups in total. The summed E-state index contributed by atoms with van der Waals surface area (Å²) in [5, 5.41) is 9.36. The van der Waals surface area contributed by atoms with Gasteiger partial charge in [-0.25, -0.2) is 23.1 Å². The Morgan fingerprint density at radius 2 is 1.57 bits per heavy atom. The van der Waals surface area contributed by atoms with E-state index in [1.807, 2.05) is 45.9 Å². The molecule has 3 aromatic carbocycles. The Balaban J connectivity index is 1.61. The maximum Gasteiger partial charge on any atom is 0.411 e. The smallest absolute Gasteiger partial charge is 0.411 e. The van der Waals surface area contributed by atoms with E-state index in [0.717, 1.165) is 28.9 Å². The molecule has 0 spiro atoms. The van der Waals surface area contributed by atoms with Crippen LogP contribution in [0.5, 0.6) is 0 Å². The first-order valence-corrected chi connectivity index (χ1v) is 15.6. The number of ether oxygens (including phenoxy) is 1. The van der Waals surface area contributed by atoms with Crippen LogP contribution in [0.2, 0.25) is 0 Å². The van der Waals surface area contributed by atoms with Gasteiger partial charge in [0.25, 0.3) is 5.91 Å². The van der Waals surface area contributed by atoms with Crippen molar-refractivity contribution in [2.24, 2.45) is 0 Å². The number of nitrogens with one attached hydrogen (secondary N) is 2. The molecule has 0 aliphatic carbocycles. The number of aromatic nitrogens is 2. The zero-order chi connectivity index (χ0) is 34.3. The van der Waals surface area contributed by atoms with Crippen molar-refractivity contribution in [2.75, 3.05) is 5.32 Å². The number of rotatable bonds is 6. The van der Waals surface area contributed by atoms with Crippen molar-refractivity contribution >= 4 is 23.7 Å². The second kappa shape index (κ2) is 12.6. The predicted molar refractivity (Wildman–Crippen MR) is 175 cm³/mol. The van der Waals surface area contributed by atoms with E-state index in [1.165, 1.54) is 17.0 Å². The Morgan fingerprint density at radius 3 is 2.17 bits per heavy atom. The Morgan fingerprint density at radius 1 is 0.936 bits per heavy atom. The molecule has 1 aliphatic rings. The Kier molecular flexibility index (Phi) is 8.94. The molecule has 0 fully saturated rings. The number of para-hydroxylation sites is 1. The summed E-state index contributed by atoms with van der Waals surface area (Å²) < 4.78 is 39.3. The zero-order valence-electron chi connectivity index (χ0n) is 27.6. The molecule has 5 rings (SSSR count). The van der Waals surface area contributed by atoms with E-state index in [1.54, 1.807) is 43.7 Å². The van der Waals surface area contributed by atoms with Crippen LogP contribution in [0.3, 0.4) is 0 Å². The first kappa shape index (κ1) is 33.3. The lowest BCUT2D eigenvalue weighted by atomic mass is 9.98. The first-order chi connectivity index (χ1) is 22.2. The fraction of sp³-hybridized carbons (Fsp3) is 0.333. The Labute approximate surface area is 272 Å². The number of carbonyl (C=O) groups is 3. The highest BCUT2D eigenvalue weighted by Crippen LogP contribution is 2.46. The summed E-state index contributed by atoms with van der Waals surface area (Å²) in [4.78, 5) is 39.9. The second-order valence-corrected chi connectivity index (χ2v) is 12.9. The van der Waals surface area contributed by atoms with Gasteiger partial charge >= 0.3 is 12.1 Å². The monoisotopic (exact) mass is 643 g/mol. The molecule has 1 aliphatic heterocycles. The molecule has 0 saturated heterocycles. The number of hydrogen-bond donors (Lipinski definition) is 2. The topological polar surface area (TPSA) is 106 Å². The first-order valence-electron chi connectivity index (χ1n) is 15.6. The van der Waals surface area contributed by atoms with Gasteiger partial charge in [0.15, 0.2) is 0 Å². The van der Waals surface area contributed by atoms with E-state index in [0.29, 0.717) is 29.8 Å². The molecule has 0 unspecified atom stereocenters. The largest absolute Gasteiger partial charge is 0.444 e. The number of amides is 4. The van der Waals surface area contributed by atoms with Crippen molar-refractivity contribution in [3.8, 4) is 16.9 Å². The van der Waals surface area contributed by atoms with Crippen molar-refractivity contribution in [3.05, 3.63) is 100 Å². The van der Waals surface area contributed by atoms with Gasteiger partial charge in [-0.05, 0) is 76.8 Å². The standard InChI is InChI=1S/C36H39F2N5O4/c1-8-21-16-13-17-22(9-2)29(21)43-30(25-20-42(34(46)47-35(3,4)5)36(6,7)31(25)41-43)24-18-27(38)28(19-26(24)37)39-33(45)40-32(44)23-14-11-10-12-15-23/h10-19H,8-9,20H2,1-7H3,(H2,39,40,44,45). The SMILES string of the molecule is CCc1cccc(CC)c1-n1nc2c(c1-c1cc(F)c(NC(=O)NC(=O)c3ccccc3)cc1F)CN(C(=O)OC(C)(C)C)C2(C)C. The zero-order valence-corrected chi connectivity index (χ0v) is 27.6. The van der Waals surface area contributed by atoms with Crippen molar-refractivity contribution in [1.29, 1.82) is 0 Å². The van der Waals surface area contributed by atoms with Gasteiger partial charge in [0.05, 0.1) is 34.8 Å². The molecule has 0 atom stereocenters. The molecule has 4 aromatic rings. The molecule has 2 heterocycles. The number of urea groups is 1. The summed E-state index contributed by atoms with van der Waals surface area (Å²) in [6, 6.07) is 14.8. The summed E-state index contributed by atoms with van der Waals surface area (Å²) in [5.74, 6) is -2.45. The number of fused-ring (bicyclic) bond motifs is 1. The quantitative estimate of drug-likeness (QED) is 0.222. The van der Waals surface area contributed by atoms with Crippen molar-refractivity contribution in [2.45, 2.75) is 79.0 Å². The van der Waals surface area contributed by atoms with Crippen LogP contribution in [0, 0.1) is 11.6 Å². The number of hydrogen-bond acceptors (Lipinski definition) is 5. The van der Waals surface area contributed by atoms with Crippen LogP contribution in [0.1, 0.15) is 81.2 Å². The molecule has 246 valence electrons. The summed E-state index contributed by atoms with van der Waals surface area (Å²) in [5.41, 5.74) is 2.07. The van der Waals surface area contributed by atoms with Crippen LogP contribution in [0.25, 0.3) is 16.9 Å². The molecule has 0 saturated carbocycles. The van der Waals surface area contributed by atoms with E-state index in [9.17, 15) is 14.4 Å². The summed E-state index contributed by atoms with van der Waals surface area (Å²) in [7, 11) is 0. The van der Waals surface area contributed by atoms with E-state index < -0.39 is 46.5 Å². The number of carbonyl (C=O) groups excluding carboxylic acids is 3. The number of benzene rings is 3. The molecule has 4 amide bonds. The van der Waals surface area contributed by atoms with Gasteiger partial charge in [-0.1, -0.05) is 50.2 Å². The fourth-order valence-corrected chi connectivity index (χ4v) is 5.85. The lowest BCUT2D eigenvalue weighted by Gasteiger charge is -2.33. The average Bonchev–Trinajstić information content (AvgIpc) is 3.51. The van der Waals surface area contributed by atoms with Gasteiger partial charge in [-0.2, -0.15) is 5.10 Å². The predicted octanol–water partition coefficient (Wildman–Crippen LogP) is 7.89. The molecule has 9 nitrogen and oxygen atoms in total. The number of anilines is 1. The molecule has 1 aromatic heterocycles. The fourth-order valence-electron chi connectivity index (χ4n) is 5.85. The van der Waals surface area contributed by atoms with Crippen molar-refractivity contribution < 1.29 is 27.9 Å². The minimum Gasteiger partial charge on any atom is -0.444 e. The molecule has 0 bridgehead atoms. The highest BCUT2D eigenvalue weighted by Gasteiger charge is 2.47. The minimum atomic E-state index is -1.02. The Bertz CT molecular complexity index is 1840. The lowest BCUT2D eigenvalue weighted by Crippen LogP contribution is -2.43. The third kappa shape index (κ3) is 6.47. The van der Waals surface area contributed by atoms with Crippen LogP contribution >= 0.6 is 0 Å². The number of aryl methyl sites for hydroxylation is 2. The lowest BCUT2D eigenvalue weighted by molar-refractivity contribution is 0.00441. The third-order valence-electron chi connectivity index (χ3n) is 8.17. The van der Waals surface area contributed by atoms with Gasteiger partial charge in [0.2, 0.25) is 0 Å². The van der Waals surface area contributed by atoms with Gasteiger partial charge < -0.3 is 10.1 Å². The van der Waals surface area contributed by atoms with Crippen molar-refractivity contribution in [1.82, 2.24) is 20.0 Å². The van der Waals surface area contributed by atoms with E-state index in [-0.39, 0.29) is 17.7 Å². The number of nitrogens with zero attached hydrogens (tertiary/aromatic N) is 3. The molecule has 0 radical (unpaired) electrons. The van der Waals surface area contributed by atoms with Gasteiger partial charge in [-0.3, -0.25) is 15.0 Å². The van der Waals surface area contributed by atoms with Crippen LogP contribution in [-0.4, -0.2) is 38.3 Å². The average molecular weight is 644 g/mol. The maximum absolute atomic E-state index is 16.2. The van der Waals surface area contributed by atoms with Gasteiger partial charge in [0.1, 0.15) is 17.2 Å². The maximum atomic E-state index is 16.2. The van der Waals surface area contributed by atoms with Crippen LogP contribution < -0.4 is 10.6 Å². The van der Waals surface area contributed by atoms with E-state index in [4.69, 9.17) is 9.84 Å². The summed E-state index contributed by atoms with van der Waals surface area (Å²) >= 11 is 0. The second-order valence-electron chi connectivity index (χ2n) is 12.9. The van der Waals surface area contributed by atoms with E-state index >= 15 is 8.78 Å². The van der Waals surface area contributed by atoms with Gasteiger partial charge in [0, 0.05) is 22.8 Å². The molecular formula is C36H39F2N5O4. The minimum absolute atomic E-state index is 0.0490. The van der Waals surface area contributed by atoms with Crippen LogP contribution in [-0.2, 0) is 29.7 Å². The van der Waals surface area contributed by atoms with Crippen LogP contribution in [0.15, 0.2) is 60.7 Å². The van der Waals surface area contributed by atoms with Crippen molar-refractivity contribution in [3.63, 3.8) is 0 Å². The third-order valence-corrected chi connectivity index (χ3v) is 8.17. The highest BCUT2D eigenvalue weighted by atomic mass is 19.1. The van der Waals surface area contributed by atoms with Crippen LogP contribution in [0.4, 0.5) is 24.1 Å². The van der Waals surface area contributed by atoms with E-state index in [2.05, 4.69) is 10.6 Å². The molecule has 47 heavy (non-hydrogen) atoms. The normalized spacial score (nSPS) is 13.7. The number of halogens is 2. The summed E-state index contributed by atoms with van der Waals surface area (Å²) in [6.45, 7) is 13.1. The highest BCUT2D eigenvalue weighted by molar-refractivity contribution is 6.08.